The molecule has 1 amide bonds. The first kappa shape index (κ1) is 16.8. The van der Waals surface area contributed by atoms with E-state index >= 15 is 0 Å². The molecule has 6 nitrogen and oxygen atoms in total. The Labute approximate surface area is 154 Å². The van der Waals surface area contributed by atoms with E-state index in [4.69, 9.17) is 0 Å². The van der Waals surface area contributed by atoms with E-state index in [1.165, 1.54) is 55.7 Å². The first-order valence-electron chi connectivity index (χ1n) is 8.55. The molecule has 4 rings (SSSR count). The molecule has 132 valence electrons. The molecule has 0 aromatic carbocycles. The average Bonchev–Trinajstić information content (AvgIpc) is 3.52. The van der Waals surface area contributed by atoms with Gasteiger partial charge in [0.2, 0.25) is 5.91 Å². The van der Waals surface area contributed by atoms with Gasteiger partial charge >= 0.3 is 0 Å². The summed E-state index contributed by atoms with van der Waals surface area (Å²) in [5, 5.41) is 12.3. The minimum Gasteiger partial charge on any atom is -0.351 e. The molecule has 0 spiro atoms. The smallest absolute Gasteiger partial charge is 0.217 e. The normalized spacial score (nSPS) is 16.8. The number of nitrogens with one attached hydrogen (secondary N) is 1. The molecule has 0 unspecified atom stereocenters. The maximum Gasteiger partial charge on any atom is 0.217 e. The summed E-state index contributed by atoms with van der Waals surface area (Å²) >= 11 is 2.93. The lowest BCUT2D eigenvalue weighted by Gasteiger charge is -2.07. The molecule has 0 saturated heterocycles. The van der Waals surface area contributed by atoms with Crippen molar-refractivity contribution in [1.82, 2.24) is 20.1 Å². The fourth-order valence-corrected chi connectivity index (χ4v) is 4.59. The van der Waals surface area contributed by atoms with Crippen molar-refractivity contribution in [1.29, 1.82) is 0 Å². The summed E-state index contributed by atoms with van der Waals surface area (Å²) in [7, 11) is 0. The number of rotatable bonds is 8. The van der Waals surface area contributed by atoms with Crippen LogP contribution in [-0.4, -0.2) is 32.2 Å². The molecule has 2 aliphatic carbocycles. The van der Waals surface area contributed by atoms with E-state index in [9.17, 15) is 9.59 Å². The molecule has 0 radical (unpaired) electrons. The number of carbonyl (C=O) groups is 2. The van der Waals surface area contributed by atoms with Crippen molar-refractivity contribution in [3.63, 3.8) is 0 Å². The molecular formula is C17H20N4O2S2. The molecule has 2 aromatic heterocycles. The Morgan fingerprint density at radius 2 is 2.08 bits per heavy atom. The quantitative estimate of drug-likeness (QED) is 0.566. The predicted molar refractivity (Wildman–Crippen MR) is 97.2 cm³/mol. The molecule has 0 aliphatic heterocycles. The van der Waals surface area contributed by atoms with Crippen molar-refractivity contribution in [3.8, 4) is 0 Å². The molecule has 0 atom stereocenters. The van der Waals surface area contributed by atoms with Gasteiger partial charge in [0.1, 0.15) is 5.82 Å². The van der Waals surface area contributed by atoms with Gasteiger partial charge in [-0.15, -0.1) is 21.5 Å². The Hall–Kier alpha value is -1.67. The average molecular weight is 377 g/mol. The third kappa shape index (κ3) is 3.95. The monoisotopic (exact) mass is 376 g/mol. The van der Waals surface area contributed by atoms with Gasteiger partial charge in [-0.25, -0.2) is 0 Å². The zero-order valence-electron chi connectivity index (χ0n) is 14.0. The molecule has 8 heteroatoms. The highest BCUT2D eigenvalue weighted by Crippen LogP contribution is 2.46. The van der Waals surface area contributed by atoms with E-state index in [1.807, 2.05) is 12.1 Å². The zero-order valence-corrected chi connectivity index (χ0v) is 15.7. The van der Waals surface area contributed by atoms with E-state index in [1.54, 1.807) is 0 Å². The van der Waals surface area contributed by atoms with Gasteiger partial charge in [-0.2, -0.15) is 0 Å². The van der Waals surface area contributed by atoms with Gasteiger partial charge in [0.25, 0.3) is 0 Å². The lowest BCUT2D eigenvalue weighted by Crippen LogP contribution is -2.18. The number of ketones is 1. The molecule has 2 heterocycles. The first-order chi connectivity index (χ1) is 12.1. The third-order valence-electron chi connectivity index (χ3n) is 4.33. The second-order valence-electron chi connectivity index (χ2n) is 6.60. The van der Waals surface area contributed by atoms with Gasteiger partial charge in [-0.3, -0.25) is 9.59 Å². The van der Waals surface area contributed by atoms with Crippen molar-refractivity contribution in [2.45, 2.75) is 56.3 Å². The van der Waals surface area contributed by atoms with Crippen LogP contribution in [0.2, 0.25) is 0 Å². The summed E-state index contributed by atoms with van der Waals surface area (Å²) in [5.41, 5.74) is 0. The van der Waals surface area contributed by atoms with Crippen molar-refractivity contribution in [2.24, 2.45) is 0 Å². The van der Waals surface area contributed by atoms with Crippen LogP contribution in [-0.2, 0) is 11.3 Å². The highest BCUT2D eigenvalue weighted by Gasteiger charge is 2.36. The van der Waals surface area contributed by atoms with Gasteiger partial charge in [0.15, 0.2) is 10.9 Å². The molecule has 1 N–H and O–H groups in total. The van der Waals surface area contributed by atoms with Crippen molar-refractivity contribution >= 4 is 34.8 Å². The van der Waals surface area contributed by atoms with Crippen LogP contribution in [0.25, 0.3) is 0 Å². The number of Topliss-reactive ketones (excluding diaryl/α,β-unsaturated/α-hetero) is 1. The number of hydrogen-bond donors (Lipinski definition) is 1. The van der Waals surface area contributed by atoms with E-state index in [0.717, 1.165) is 20.7 Å². The standard InChI is InChI=1S/C17H20N4O2S2/c1-10(22)18-8-13-6-7-15(25-13)14(23)9-24-17-20-19-16(11-2-3-11)21(17)12-4-5-12/h6-7,11-12H,2-5,8-9H2,1H3,(H,18,22). The van der Waals surface area contributed by atoms with Crippen LogP contribution < -0.4 is 5.32 Å². The van der Waals surface area contributed by atoms with Crippen LogP contribution in [0.15, 0.2) is 17.3 Å². The Kier molecular flexibility index (Phi) is 4.64. The maximum atomic E-state index is 12.5. The molecule has 2 fully saturated rings. The second-order valence-corrected chi connectivity index (χ2v) is 8.71. The van der Waals surface area contributed by atoms with Gasteiger partial charge < -0.3 is 9.88 Å². The fourth-order valence-electron chi connectivity index (χ4n) is 2.72. The van der Waals surface area contributed by atoms with Crippen LogP contribution in [0.3, 0.4) is 0 Å². The highest BCUT2D eigenvalue weighted by molar-refractivity contribution is 7.99. The van der Waals surface area contributed by atoms with E-state index < -0.39 is 0 Å². The highest BCUT2D eigenvalue weighted by atomic mass is 32.2. The first-order valence-corrected chi connectivity index (χ1v) is 10.4. The van der Waals surface area contributed by atoms with Crippen LogP contribution in [0.5, 0.6) is 0 Å². The number of thiophene rings is 1. The molecule has 25 heavy (non-hydrogen) atoms. The van der Waals surface area contributed by atoms with Gasteiger partial charge in [0.05, 0.1) is 17.2 Å². The number of carbonyl (C=O) groups excluding carboxylic acids is 2. The van der Waals surface area contributed by atoms with Crippen LogP contribution >= 0.6 is 23.1 Å². The third-order valence-corrected chi connectivity index (χ3v) is 6.40. The number of aromatic nitrogens is 3. The van der Waals surface area contributed by atoms with Crippen LogP contribution in [0, 0.1) is 0 Å². The minimum absolute atomic E-state index is 0.0669. The Balaban J connectivity index is 1.38. The maximum absolute atomic E-state index is 12.5. The summed E-state index contributed by atoms with van der Waals surface area (Å²) in [6.07, 6.45) is 4.80. The number of amides is 1. The van der Waals surface area contributed by atoms with E-state index in [2.05, 4.69) is 20.1 Å². The summed E-state index contributed by atoms with van der Waals surface area (Å²) in [4.78, 5) is 25.2. The SMILES string of the molecule is CC(=O)NCc1ccc(C(=O)CSc2nnc(C3CC3)n2C2CC2)s1. The van der Waals surface area contributed by atoms with Crippen molar-refractivity contribution in [2.75, 3.05) is 5.75 Å². The molecule has 0 bridgehead atoms. The van der Waals surface area contributed by atoms with E-state index in [0.29, 0.717) is 24.3 Å². The Morgan fingerprint density at radius 3 is 2.76 bits per heavy atom. The summed E-state index contributed by atoms with van der Waals surface area (Å²) in [6.45, 7) is 1.96. The molecule has 2 saturated carbocycles. The largest absolute Gasteiger partial charge is 0.351 e. The van der Waals surface area contributed by atoms with Crippen molar-refractivity contribution in [3.05, 3.63) is 27.7 Å². The fraction of sp³-hybridized carbons (Fsp3) is 0.529. The summed E-state index contributed by atoms with van der Waals surface area (Å²) in [6, 6.07) is 4.27. The number of hydrogen-bond acceptors (Lipinski definition) is 6. The molecule has 2 aromatic rings. The Bertz CT molecular complexity index is 805. The molecule has 2 aliphatic rings. The number of nitrogens with zero attached hydrogens (tertiary/aromatic N) is 3. The Morgan fingerprint density at radius 1 is 1.28 bits per heavy atom. The summed E-state index contributed by atoms with van der Waals surface area (Å²) < 4.78 is 2.27. The minimum atomic E-state index is -0.0669. The van der Waals surface area contributed by atoms with E-state index in [-0.39, 0.29) is 11.7 Å². The topological polar surface area (TPSA) is 76.9 Å². The van der Waals surface area contributed by atoms with Gasteiger partial charge in [-0.05, 0) is 37.8 Å². The predicted octanol–water partition coefficient (Wildman–Crippen LogP) is 3.16. The van der Waals surface area contributed by atoms with Crippen molar-refractivity contribution < 1.29 is 9.59 Å². The zero-order chi connectivity index (χ0) is 17.4. The van der Waals surface area contributed by atoms with Gasteiger partial charge in [-0.1, -0.05) is 11.8 Å². The lowest BCUT2D eigenvalue weighted by molar-refractivity contribution is -0.119. The molecular weight excluding hydrogens is 356 g/mol. The second kappa shape index (κ2) is 6.92. The lowest BCUT2D eigenvalue weighted by atomic mass is 10.3. The number of thioether (sulfide) groups is 1. The van der Waals surface area contributed by atoms with Gasteiger partial charge in [0, 0.05) is 23.8 Å². The summed E-state index contributed by atoms with van der Waals surface area (Å²) in [5.74, 6) is 2.10. The van der Waals surface area contributed by atoms with Crippen LogP contribution in [0.4, 0.5) is 0 Å². The van der Waals surface area contributed by atoms with Crippen LogP contribution in [0.1, 0.15) is 64.9 Å².